The third-order valence-corrected chi connectivity index (χ3v) is 2.01. The largest absolute Gasteiger partial charge is 0.354 e. The highest BCUT2D eigenvalue weighted by molar-refractivity contribution is 6.28. The summed E-state index contributed by atoms with van der Waals surface area (Å²) in [7, 11) is 3.35. The Kier molecular flexibility index (Phi) is 4.89. The molecule has 0 aliphatic rings. The van der Waals surface area contributed by atoms with Crippen molar-refractivity contribution < 1.29 is 4.79 Å². The fourth-order valence-electron chi connectivity index (χ4n) is 0.979. The van der Waals surface area contributed by atoms with Gasteiger partial charge in [-0.15, -0.1) is 0 Å². The van der Waals surface area contributed by atoms with E-state index in [1.165, 1.54) is 4.90 Å². The first-order chi connectivity index (χ1) is 8.02. The van der Waals surface area contributed by atoms with E-state index in [1.807, 2.05) is 6.92 Å². The summed E-state index contributed by atoms with van der Waals surface area (Å²) >= 11 is 5.73. The molecule has 8 heteroatoms. The molecule has 0 radical (unpaired) electrons. The third-order valence-electron chi connectivity index (χ3n) is 1.84. The minimum absolute atomic E-state index is 0.0773. The zero-order valence-electron chi connectivity index (χ0n) is 9.99. The molecule has 1 aromatic rings. The van der Waals surface area contributed by atoms with E-state index in [2.05, 4.69) is 25.6 Å². The van der Waals surface area contributed by atoms with Crippen molar-refractivity contribution >= 4 is 29.4 Å². The molecule has 1 heterocycles. The lowest BCUT2D eigenvalue weighted by Crippen LogP contribution is -2.29. The third kappa shape index (κ3) is 4.39. The number of carbonyl (C=O) groups is 1. The first-order valence-electron chi connectivity index (χ1n) is 5.12. The predicted molar refractivity (Wildman–Crippen MR) is 66.2 cm³/mol. The summed E-state index contributed by atoms with van der Waals surface area (Å²) in [6.45, 7) is 2.70. The number of nitrogens with zero attached hydrogens (tertiary/aromatic N) is 4. The highest BCUT2D eigenvalue weighted by Crippen LogP contribution is 2.08. The van der Waals surface area contributed by atoms with E-state index in [1.54, 1.807) is 14.1 Å². The van der Waals surface area contributed by atoms with Gasteiger partial charge in [-0.1, -0.05) is 0 Å². The topological polar surface area (TPSA) is 83.0 Å². The number of hydrogen-bond acceptors (Lipinski definition) is 6. The summed E-state index contributed by atoms with van der Waals surface area (Å²) in [6, 6.07) is 0. The van der Waals surface area contributed by atoms with E-state index in [4.69, 9.17) is 11.6 Å². The molecule has 1 aromatic heterocycles. The number of amides is 1. The zero-order valence-corrected chi connectivity index (χ0v) is 10.7. The van der Waals surface area contributed by atoms with Crippen molar-refractivity contribution in [2.45, 2.75) is 6.92 Å². The second kappa shape index (κ2) is 6.19. The van der Waals surface area contributed by atoms with Crippen molar-refractivity contribution in [3.8, 4) is 0 Å². The monoisotopic (exact) mass is 258 g/mol. The molecule has 1 amide bonds. The molecular formula is C9H15ClN6O. The molecule has 17 heavy (non-hydrogen) atoms. The molecule has 94 valence electrons. The first-order valence-corrected chi connectivity index (χ1v) is 5.50. The zero-order chi connectivity index (χ0) is 12.8. The van der Waals surface area contributed by atoms with E-state index in [9.17, 15) is 4.79 Å². The van der Waals surface area contributed by atoms with Gasteiger partial charge in [0.05, 0.1) is 6.54 Å². The average molecular weight is 259 g/mol. The molecule has 0 atom stereocenters. The van der Waals surface area contributed by atoms with Gasteiger partial charge >= 0.3 is 0 Å². The normalized spacial score (nSPS) is 9.88. The molecule has 0 aliphatic carbocycles. The fraction of sp³-hybridized carbons (Fsp3) is 0.556. The molecule has 0 spiro atoms. The Morgan fingerprint density at radius 1 is 1.24 bits per heavy atom. The summed E-state index contributed by atoms with van der Waals surface area (Å²) in [4.78, 5) is 24.6. The van der Waals surface area contributed by atoms with Crippen LogP contribution >= 0.6 is 11.6 Å². The van der Waals surface area contributed by atoms with Crippen LogP contribution in [0.3, 0.4) is 0 Å². The lowest BCUT2D eigenvalue weighted by atomic mass is 10.5. The molecule has 0 aromatic carbocycles. The van der Waals surface area contributed by atoms with Crippen molar-refractivity contribution in [2.75, 3.05) is 37.8 Å². The van der Waals surface area contributed by atoms with Crippen LogP contribution in [0.1, 0.15) is 6.92 Å². The quantitative estimate of drug-likeness (QED) is 0.798. The van der Waals surface area contributed by atoms with Gasteiger partial charge in [0.2, 0.25) is 23.1 Å². The molecule has 7 nitrogen and oxygen atoms in total. The standard InChI is InChI=1S/C9H15ClN6O/c1-4-11-8-13-7(10)14-9(15-8)12-5-6(17)16(2)3/h4-5H2,1-3H3,(H2,11,12,13,14,15). The van der Waals surface area contributed by atoms with E-state index in [0.29, 0.717) is 12.5 Å². The van der Waals surface area contributed by atoms with Crippen LogP contribution in [0, 0.1) is 0 Å². The molecule has 0 unspecified atom stereocenters. The van der Waals surface area contributed by atoms with Gasteiger partial charge < -0.3 is 15.5 Å². The highest BCUT2D eigenvalue weighted by atomic mass is 35.5. The second-order valence-corrected chi connectivity index (χ2v) is 3.76. The maximum atomic E-state index is 11.4. The number of anilines is 2. The van der Waals surface area contributed by atoms with Crippen molar-refractivity contribution in [3.05, 3.63) is 5.28 Å². The number of hydrogen-bond donors (Lipinski definition) is 2. The van der Waals surface area contributed by atoms with Gasteiger partial charge in [0.15, 0.2) is 0 Å². The van der Waals surface area contributed by atoms with E-state index < -0.39 is 0 Å². The van der Waals surface area contributed by atoms with Gasteiger partial charge in [0.1, 0.15) is 0 Å². The smallest absolute Gasteiger partial charge is 0.241 e. The number of nitrogens with one attached hydrogen (secondary N) is 2. The maximum absolute atomic E-state index is 11.4. The van der Waals surface area contributed by atoms with Crippen LogP contribution in [0.25, 0.3) is 0 Å². The number of halogens is 1. The predicted octanol–water partition coefficient (Wildman–Crippen LogP) is 0.457. The van der Waals surface area contributed by atoms with Crippen molar-refractivity contribution in [2.24, 2.45) is 0 Å². The van der Waals surface area contributed by atoms with Crippen LogP contribution < -0.4 is 10.6 Å². The second-order valence-electron chi connectivity index (χ2n) is 3.42. The van der Waals surface area contributed by atoms with Crippen molar-refractivity contribution in [3.63, 3.8) is 0 Å². The van der Waals surface area contributed by atoms with Crippen molar-refractivity contribution in [1.82, 2.24) is 19.9 Å². The minimum Gasteiger partial charge on any atom is -0.354 e. The summed E-state index contributed by atoms with van der Waals surface area (Å²) in [5.74, 6) is 0.579. The Balaban J connectivity index is 2.67. The van der Waals surface area contributed by atoms with Crippen molar-refractivity contribution in [1.29, 1.82) is 0 Å². The number of aromatic nitrogens is 3. The first kappa shape index (κ1) is 13.4. The maximum Gasteiger partial charge on any atom is 0.241 e. The number of carbonyl (C=O) groups excluding carboxylic acids is 1. The Labute approximate surface area is 105 Å². The van der Waals surface area contributed by atoms with Gasteiger partial charge in [0.25, 0.3) is 0 Å². The van der Waals surface area contributed by atoms with E-state index >= 15 is 0 Å². The van der Waals surface area contributed by atoms with Gasteiger partial charge in [0, 0.05) is 20.6 Å². The molecule has 2 N–H and O–H groups in total. The summed E-state index contributed by atoms with van der Waals surface area (Å²) in [5.41, 5.74) is 0. The lowest BCUT2D eigenvalue weighted by molar-refractivity contribution is -0.126. The summed E-state index contributed by atoms with van der Waals surface area (Å²) < 4.78 is 0. The van der Waals surface area contributed by atoms with Gasteiger partial charge in [-0.3, -0.25) is 4.79 Å². The lowest BCUT2D eigenvalue weighted by Gasteiger charge is -2.11. The van der Waals surface area contributed by atoms with Crippen LogP contribution in [0.4, 0.5) is 11.9 Å². The summed E-state index contributed by atoms with van der Waals surface area (Å²) in [5, 5.41) is 5.78. The van der Waals surface area contributed by atoms with Gasteiger partial charge in [-0.05, 0) is 18.5 Å². The van der Waals surface area contributed by atoms with Crippen LogP contribution in [0.2, 0.25) is 5.28 Å². The molecule has 0 fully saturated rings. The van der Waals surface area contributed by atoms with E-state index in [0.717, 1.165) is 0 Å². The Hall–Kier alpha value is -1.63. The molecule has 0 aliphatic heterocycles. The SMILES string of the molecule is CCNc1nc(Cl)nc(NCC(=O)N(C)C)n1. The molecule has 0 bridgehead atoms. The fourth-order valence-corrected chi connectivity index (χ4v) is 1.14. The number of rotatable bonds is 5. The number of likely N-dealkylation sites (N-methyl/N-ethyl adjacent to an activating group) is 1. The summed E-state index contributed by atoms with van der Waals surface area (Å²) in [6.07, 6.45) is 0. The Bertz CT molecular complexity index is 397. The molecule has 0 saturated carbocycles. The van der Waals surface area contributed by atoms with Crippen LogP contribution in [0.15, 0.2) is 0 Å². The van der Waals surface area contributed by atoms with E-state index in [-0.39, 0.29) is 23.7 Å². The van der Waals surface area contributed by atoms with Gasteiger partial charge in [-0.25, -0.2) is 0 Å². The molecular weight excluding hydrogens is 244 g/mol. The van der Waals surface area contributed by atoms with Crippen LogP contribution in [0.5, 0.6) is 0 Å². The average Bonchev–Trinajstić information content (AvgIpc) is 2.25. The Morgan fingerprint density at radius 3 is 2.35 bits per heavy atom. The molecule has 1 rings (SSSR count). The highest BCUT2D eigenvalue weighted by Gasteiger charge is 2.07. The van der Waals surface area contributed by atoms with Crippen LogP contribution in [-0.2, 0) is 4.79 Å². The van der Waals surface area contributed by atoms with Crippen LogP contribution in [-0.4, -0.2) is 52.9 Å². The molecule has 0 saturated heterocycles. The van der Waals surface area contributed by atoms with Gasteiger partial charge in [-0.2, -0.15) is 15.0 Å². The Morgan fingerprint density at radius 2 is 1.82 bits per heavy atom. The minimum atomic E-state index is -0.0773.